The van der Waals surface area contributed by atoms with Gasteiger partial charge in [0, 0.05) is 17.6 Å². The van der Waals surface area contributed by atoms with E-state index in [4.69, 9.17) is 0 Å². The summed E-state index contributed by atoms with van der Waals surface area (Å²) in [6.07, 6.45) is 4.03. The number of anilines is 1. The van der Waals surface area contributed by atoms with Gasteiger partial charge in [-0.25, -0.2) is 0 Å². The Morgan fingerprint density at radius 3 is 2.65 bits per heavy atom. The quantitative estimate of drug-likeness (QED) is 0.886. The Morgan fingerprint density at radius 1 is 0.950 bits per heavy atom. The molecule has 2 aromatic rings. The molecule has 102 valence electrons. The molecule has 0 saturated heterocycles. The fraction of sp³-hybridized carbons (Fsp3) is 0.333. The minimum Gasteiger partial charge on any atom is -0.370 e. The first-order valence-corrected chi connectivity index (χ1v) is 7.55. The second-order valence-corrected chi connectivity index (χ2v) is 5.92. The van der Waals surface area contributed by atoms with Gasteiger partial charge < -0.3 is 5.32 Å². The minimum absolute atomic E-state index is 0.420. The largest absolute Gasteiger partial charge is 0.370 e. The van der Waals surface area contributed by atoms with Crippen molar-refractivity contribution in [2.24, 2.45) is 0 Å². The summed E-state index contributed by atoms with van der Waals surface area (Å²) in [6, 6.07) is 20.1. The van der Waals surface area contributed by atoms with E-state index in [0.717, 1.165) is 0 Å². The molecule has 0 aromatic heterocycles. The monoisotopic (exact) mass is 264 g/mol. The van der Waals surface area contributed by atoms with Crippen LogP contribution in [-0.2, 0) is 6.42 Å². The highest BCUT2D eigenvalue weighted by atomic mass is 15.2. The average Bonchev–Trinajstić information content (AvgIpc) is 3.27. The van der Waals surface area contributed by atoms with Crippen LogP contribution in [0, 0.1) is 0 Å². The molecular formula is C18H20N2. The highest BCUT2D eigenvalue weighted by molar-refractivity contribution is 5.53. The third-order valence-electron chi connectivity index (χ3n) is 4.48. The molecule has 1 fully saturated rings. The van der Waals surface area contributed by atoms with Gasteiger partial charge in [0.2, 0.25) is 0 Å². The molecule has 2 heteroatoms. The first kappa shape index (κ1) is 12.0. The molecule has 0 amide bonds. The van der Waals surface area contributed by atoms with Gasteiger partial charge in [-0.05, 0) is 36.5 Å². The van der Waals surface area contributed by atoms with Gasteiger partial charge in [0.1, 0.15) is 0 Å². The highest BCUT2D eigenvalue weighted by Crippen LogP contribution is 2.41. The third kappa shape index (κ3) is 2.32. The number of fused-ring (bicyclic) bond motifs is 1. The Morgan fingerprint density at radius 2 is 1.75 bits per heavy atom. The zero-order chi connectivity index (χ0) is 13.4. The highest BCUT2D eigenvalue weighted by Gasteiger charge is 2.39. The van der Waals surface area contributed by atoms with E-state index in [2.05, 4.69) is 65.2 Å². The van der Waals surface area contributed by atoms with E-state index in [1.54, 1.807) is 0 Å². The maximum absolute atomic E-state index is 3.77. The smallest absolute Gasteiger partial charge is 0.0773 e. The van der Waals surface area contributed by atoms with Crippen molar-refractivity contribution >= 4 is 5.69 Å². The normalized spacial score (nSPS) is 27.5. The van der Waals surface area contributed by atoms with Gasteiger partial charge in [-0.3, -0.25) is 5.32 Å². The van der Waals surface area contributed by atoms with Crippen LogP contribution in [0.5, 0.6) is 0 Å². The Hall–Kier alpha value is -1.80. The van der Waals surface area contributed by atoms with Crippen LogP contribution in [0.25, 0.3) is 0 Å². The number of benzene rings is 2. The molecule has 2 nitrogen and oxygen atoms in total. The molecule has 1 saturated carbocycles. The van der Waals surface area contributed by atoms with Gasteiger partial charge >= 0.3 is 0 Å². The van der Waals surface area contributed by atoms with E-state index >= 15 is 0 Å². The van der Waals surface area contributed by atoms with Crippen molar-refractivity contribution in [1.82, 2.24) is 5.32 Å². The topological polar surface area (TPSA) is 24.1 Å². The van der Waals surface area contributed by atoms with Crippen LogP contribution in [0.3, 0.4) is 0 Å². The average molecular weight is 264 g/mol. The van der Waals surface area contributed by atoms with Crippen LogP contribution in [0.4, 0.5) is 5.69 Å². The van der Waals surface area contributed by atoms with Crippen molar-refractivity contribution in [2.75, 3.05) is 5.32 Å². The predicted molar refractivity (Wildman–Crippen MR) is 82.9 cm³/mol. The second kappa shape index (κ2) is 4.95. The first-order chi connectivity index (χ1) is 9.90. The van der Waals surface area contributed by atoms with Crippen LogP contribution < -0.4 is 10.6 Å². The molecule has 1 aliphatic carbocycles. The Balaban J connectivity index is 1.38. The van der Waals surface area contributed by atoms with Crippen molar-refractivity contribution in [3.05, 3.63) is 65.7 Å². The zero-order valence-corrected chi connectivity index (χ0v) is 11.5. The zero-order valence-electron chi connectivity index (χ0n) is 11.5. The number of rotatable bonds is 3. The first-order valence-electron chi connectivity index (χ1n) is 7.55. The number of para-hydroxylation sites is 1. The molecule has 1 aliphatic heterocycles. The Bertz CT molecular complexity index is 593. The molecule has 2 aromatic carbocycles. The van der Waals surface area contributed by atoms with Gasteiger partial charge in [0.15, 0.2) is 0 Å². The summed E-state index contributed by atoms with van der Waals surface area (Å²) in [5.74, 6) is 0.704. The van der Waals surface area contributed by atoms with Crippen molar-refractivity contribution in [2.45, 2.75) is 37.4 Å². The van der Waals surface area contributed by atoms with E-state index in [9.17, 15) is 0 Å². The maximum Gasteiger partial charge on any atom is 0.0773 e. The molecule has 20 heavy (non-hydrogen) atoms. The van der Waals surface area contributed by atoms with Gasteiger partial charge in [-0.15, -0.1) is 0 Å². The lowest BCUT2D eigenvalue weighted by Gasteiger charge is -2.28. The summed E-state index contributed by atoms with van der Waals surface area (Å²) < 4.78 is 0. The van der Waals surface area contributed by atoms with Crippen LogP contribution in [0.2, 0.25) is 0 Å². The molecule has 4 rings (SSSR count). The molecule has 0 bridgehead atoms. The summed E-state index contributed by atoms with van der Waals surface area (Å²) in [6.45, 7) is 0. The van der Waals surface area contributed by atoms with Gasteiger partial charge in [0.05, 0.1) is 6.17 Å². The summed E-state index contributed by atoms with van der Waals surface area (Å²) in [5.41, 5.74) is 4.22. The summed E-state index contributed by atoms with van der Waals surface area (Å²) in [7, 11) is 0. The number of hydrogen-bond acceptors (Lipinski definition) is 2. The number of aryl methyl sites for hydroxylation is 1. The second-order valence-electron chi connectivity index (χ2n) is 5.92. The lowest BCUT2D eigenvalue weighted by atomic mass is 10.0. The van der Waals surface area contributed by atoms with Gasteiger partial charge in [0.25, 0.3) is 0 Å². The van der Waals surface area contributed by atoms with Crippen LogP contribution in [0.1, 0.15) is 29.9 Å². The lowest BCUT2D eigenvalue weighted by molar-refractivity contribution is 0.505. The van der Waals surface area contributed by atoms with E-state index in [0.29, 0.717) is 18.1 Å². The molecule has 0 radical (unpaired) electrons. The molecular weight excluding hydrogens is 244 g/mol. The van der Waals surface area contributed by atoms with Crippen LogP contribution in [0.15, 0.2) is 54.6 Å². The van der Waals surface area contributed by atoms with Crippen LogP contribution >= 0.6 is 0 Å². The van der Waals surface area contributed by atoms with E-state index in [1.165, 1.54) is 36.1 Å². The standard InChI is InChI=1S/C18H20N2/c1-2-6-13(7-3-1)15-12-17(15)20-18-11-10-14-8-4-5-9-16(14)19-18/h1-9,15,17-20H,10-12H2/t15-,17+,18?/m0/s1. The maximum atomic E-state index is 3.77. The van der Waals surface area contributed by atoms with Crippen LogP contribution in [-0.4, -0.2) is 12.2 Å². The Labute approximate surface area is 120 Å². The lowest BCUT2D eigenvalue weighted by Crippen LogP contribution is -2.40. The van der Waals surface area contributed by atoms with Crippen molar-refractivity contribution in [1.29, 1.82) is 0 Å². The van der Waals surface area contributed by atoms with E-state index in [-0.39, 0.29) is 0 Å². The third-order valence-corrected chi connectivity index (χ3v) is 4.48. The molecule has 2 aliphatic rings. The Kier molecular flexibility index (Phi) is 2.96. The summed E-state index contributed by atoms with van der Waals surface area (Å²) in [4.78, 5) is 0. The molecule has 3 atom stereocenters. The van der Waals surface area contributed by atoms with E-state index in [1.807, 2.05) is 0 Å². The van der Waals surface area contributed by atoms with Crippen molar-refractivity contribution < 1.29 is 0 Å². The predicted octanol–water partition coefficient (Wildman–Crippen LogP) is 3.52. The summed E-state index contributed by atoms with van der Waals surface area (Å²) in [5, 5.41) is 7.40. The molecule has 2 N–H and O–H groups in total. The van der Waals surface area contributed by atoms with Crippen molar-refractivity contribution in [3.8, 4) is 0 Å². The molecule has 0 spiro atoms. The van der Waals surface area contributed by atoms with Crippen molar-refractivity contribution in [3.63, 3.8) is 0 Å². The fourth-order valence-corrected chi connectivity index (χ4v) is 3.27. The van der Waals surface area contributed by atoms with Gasteiger partial charge in [-0.1, -0.05) is 48.5 Å². The molecule has 1 unspecified atom stereocenters. The number of nitrogens with one attached hydrogen (secondary N) is 2. The number of hydrogen-bond donors (Lipinski definition) is 2. The summed E-state index contributed by atoms with van der Waals surface area (Å²) >= 11 is 0. The fourth-order valence-electron chi connectivity index (χ4n) is 3.27. The minimum atomic E-state index is 0.420. The van der Waals surface area contributed by atoms with Gasteiger partial charge in [-0.2, -0.15) is 0 Å². The molecule has 1 heterocycles. The van der Waals surface area contributed by atoms with E-state index < -0.39 is 0 Å². The SMILES string of the molecule is c1ccc([C@@H]2C[C@H]2NC2CCc3ccccc3N2)cc1.